The maximum Gasteiger partial charge on any atom is 0.231 e. The minimum atomic E-state index is -0.440. The highest BCUT2D eigenvalue weighted by Crippen LogP contribution is 2.40. The number of methoxy groups -OCH3 is 2. The molecule has 10 aromatic heterocycles. The van der Waals surface area contributed by atoms with E-state index in [2.05, 4.69) is 143 Å². The van der Waals surface area contributed by atoms with Crippen LogP contribution in [-0.2, 0) is 0 Å². The molecular weight excluding hydrogens is 1720 g/mol. The van der Waals surface area contributed by atoms with Crippen molar-refractivity contribution in [2.24, 2.45) is 0 Å². The Kier molecular flexibility index (Phi) is 26.8. The van der Waals surface area contributed by atoms with Crippen LogP contribution in [-0.4, -0.2) is 168 Å². The van der Waals surface area contributed by atoms with Crippen LogP contribution in [0.2, 0.25) is 10.0 Å². The number of hydrogen-bond donors (Lipinski definition) is 0. The first-order chi connectivity index (χ1) is 64.7. The molecule has 21 rings (SSSR count). The van der Waals surface area contributed by atoms with Gasteiger partial charge < -0.3 is 28.6 Å². The van der Waals surface area contributed by atoms with Gasteiger partial charge in [-0.05, 0) is 259 Å². The number of halogens is 4. The Morgan fingerprint density at radius 3 is 1.15 bits per heavy atom. The number of benzene rings is 10. The molecule has 0 fully saturated rings. The van der Waals surface area contributed by atoms with Gasteiger partial charge in [0.1, 0.15) is 57.4 Å². The zero-order valence-electron chi connectivity index (χ0n) is 70.8. The van der Waals surface area contributed by atoms with E-state index in [0.717, 1.165) is 79.0 Å². The number of rotatable bonds is 20. The minimum absolute atomic E-state index is 0.262. The molecule has 0 bridgehead atoms. The second-order valence-electron chi connectivity index (χ2n) is 28.8. The minimum Gasteiger partial charge on any atom is -0.496 e. The van der Waals surface area contributed by atoms with E-state index in [1.165, 1.54) is 53.9 Å². The molecule has 0 saturated heterocycles. The van der Waals surface area contributed by atoms with Crippen molar-refractivity contribution in [2.45, 2.75) is 6.92 Å². The molecule has 132 heavy (non-hydrogen) atoms. The van der Waals surface area contributed by atoms with E-state index in [0.29, 0.717) is 108 Å². The summed E-state index contributed by atoms with van der Waals surface area (Å²) in [6, 6.07) is 93.1. The van der Waals surface area contributed by atoms with Gasteiger partial charge in [0, 0.05) is 90.1 Å². The predicted octanol–water partition coefficient (Wildman–Crippen LogP) is 18.8. The van der Waals surface area contributed by atoms with Crippen molar-refractivity contribution in [1.82, 2.24) is 126 Å². The highest BCUT2D eigenvalue weighted by atomic mass is 35.5. The molecule has 0 N–H and O–H groups in total. The number of fused-ring (bicyclic) bond motifs is 1. The van der Waals surface area contributed by atoms with Crippen LogP contribution in [0.15, 0.2) is 334 Å². The molecule has 0 atom stereocenters. The number of pyridine rings is 5. The second-order valence-corrected chi connectivity index (χ2v) is 29.7. The van der Waals surface area contributed by atoms with Crippen molar-refractivity contribution in [3.63, 3.8) is 0 Å². The summed E-state index contributed by atoms with van der Waals surface area (Å²) in [5.41, 5.74) is 16.7. The average molecular weight is 1790 g/mol. The molecule has 35 heteroatoms. The molecule has 0 amide bonds. The average Bonchev–Trinajstić information content (AvgIpc) is 1.67. The quantitative estimate of drug-likeness (QED) is 0.0684. The van der Waals surface area contributed by atoms with Gasteiger partial charge in [-0.3, -0.25) is 24.9 Å². The Morgan fingerprint density at radius 2 is 0.705 bits per heavy atom. The van der Waals surface area contributed by atoms with Gasteiger partial charge in [-0.25, -0.2) is 8.78 Å². The van der Waals surface area contributed by atoms with Gasteiger partial charge in [0.15, 0.2) is 11.5 Å². The molecule has 20 aromatic rings. The smallest absolute Gasteiger partial charge is 0.231 e. The van der Waals surface area contributed by atoms with Crippen LogP contribution < -0.4 is 28.6 Å². The lowest BCUT2D eigenvalue weighted by atomic mass is 10.0. The van der Waals surface area contributed by atoms with Gasteiger partial charge in [0.2, 0.25) is 35.9 Å². The first-order valence-corrected chi connectivity index (χ1v) is 41.5. The third kappa shape index (κ3) is 21.1. The number of aromatic nitrogens is 25. The van der Waals surface area contributed by atoms with E-state index in [4.69, 9.17) is 46.9 Å². The normalized spacial score (nSPS) is 11.0. The van der Waals surface area contributed by atoms with Crippen molar-refractivity contribution in [3.8, 4) is 170 Å². The van der Waals surface area contributed by atoms with Gasteiger partial charge in [-0.1, -0.05) is 126 Å². The fourth-order valence-electron chi connectivity index (χ4n) is 13.5. The Labute approximate surface area is 762 Å². The Hall–Kier alpha value is -17.5. The van der Waals surface area contributed by atoms with Crippen molar-refractivity contribution < 1.29 is 32.5 Å². The topological polar surface area (TPSA) is 332 Å². The summed E-state index contributed by atoms with van der Waals surface area (Å²) in [5.74, 6) is 5.07. The number of ether oxygens (including phenoxy) is 5. The van der Waals surface area contributed by atoms with Gasteiger partial charge in [-0.2, -0.15) is 0 Å². The zero-order valence-corrected chi connectivity index (χ0v) is 72.4. The summed E-state index contributed by atoms with van der Waals surface area (Å²) in [7, 11) is 7.35. The molecule has 0 radical (unpaired) electrons. The van der Waals surface area contributed by atoms with Crippen LogP contribution in [0.3, 0.4) is 0 Å². The predicted molar refractivity (Wildman–Crippen MR) is 494 cm³/mol. The van der Waals surface area contributed by atoms with E-state index >= 15 is 0 Å². The molecule has 0 saturated carbocycles. The molecular formula is C97H74Cl2F2N26O5. The van der Waals surface area contributed by atoms with Crippen molar-refractivity contribution in [2.75, 3.05) is 46.6 Å². The van der Waals surface area contributed by atoms with Crippen LogP contribution >= 0.6 is 23.2 Å². The van der Waals surface area contributed by atoms with E-state index in [1.807, 2.05) is 215 Å². The second kappa shape index (κ2) is 40.9. The van der Waals surface area contributed by atoms with E-state index in [-0.39, 0.29) is 12.6 Å². The molecule has 0 spiro atoms. The number of tetrazole rings is 5. The highest BCUT2D eigenvalue weighted by molar-refractivity contribution is 6.35. The molecule has 650 valence electrons. The molecule has 11 heterocycles. The molecule has 31 nitrogen and oxygen atoms in total. The maximum atomic E-state index is 14.2. The number of para-hydroxylation sites is 1. The fraction of sp³-hybridized carbons (Fsp3) is 0.0722. The van der Waals surface area contributed by atoms with E-state index < -0.39 is 5.82 Å². The standard InChI is InChI=1S/C20H16FN5O.C20H18N6.C20H17N5O2.C19H13N5O2.C18H10Cl2FN5/c1-2-27-18-7-5-6-14(12-18)15-10-16(21)13-17(11-15)26-24-20(23-25-26)19-8-3-4-9-22-19;1-25(2)17-11-9-15(10-12-17)16-6-5-7-18(14-16)26-23-20(22-24-26)19-8-3-4-13-21-19;1-26-18-9-4-3-7-15(18)16-11-10-14(13-19(16)27-2)25-23-20(22-24-25)17-8-5-6-12-21-17;1-2-9-20-16(6-1)19-21-23-24(22-19)15-5-3-4-13(10-15)14-7-8-17-18(11-14)26-12-25-17;19-13-5-11(6-14(20)9-13)12-7-15(21)10-16(8-12)26-24-18(23-25-26)17-3-1-2-4-22-17/h3-13H,2H2,1H3;3-14H,1-2H3;3-13H,1-2H3;1-11H,12H2;1-10H. The Balaban J connectivity index is 0.000000115. The van der Waals surface area contributed by atoms with Crippen LogP contribution in [0.1, 0.15) is 6.92 Å². The first-order valence-electron chi connectivity index (χ1n) is 40.8. The van der Waals surface area contributed by atoms with Gasteiger partial charge in [0.05, 0.1) is 49.3 Å². The fourth-order valence-corrected chi connectivity index (χ4v) is 14.0. The zero-order chi connectivity index (χ0) is 90.7. The molecule has 0 aliphatic carbocycles. The lowest BCUT2D eigenvalue weighted by molar-refractivity contribution is 0.174. The van der Waals surface area contributed by atoms with Crippen molar-refractivity contribution in [3.05, 3.63) is 356 Å². The maximum absolute atomic E-state index is 14.2. The molecule has 1 aliphatic rings. The first kappa shape index (κ1) is 86.6. The molecule has 10 aromatic carbocycles. The van der Waals surface area contributed by atoms with Crippen LogP contribution in [0.25, 0.3) is 142 Å². The largest absolute Gasteiger partial charge is 0.496 e. The monoisotopic (exact) mass is 1790 g/mol. The lowest BCUT2D eigenvalue weighted by Crippen LogP contribution is -2.07. The highest BCUT2D eigenvalue weighted by Gasteiger charge is 2.21. The Morgan fingerprint density at radius 1 is 0.326 bits per heavy atom. The summed E-state index contributed by atoms with van der Waals surface area (Å²) in [6.45, 7) is 2.75. The van der Waals surface area contributed by atoms with E-state index in [9.17, 15) is 8.78 Å². The SMILES string of the molecule is CCOc1cccc(-c2cc(F)cc(-n3nnc(-c4ccccn4)n3)c2)c1.CN(C)c1ccc(-c2cccc(-n3nnc(-c4ccccn4)n3)c2)cc1.COc1ccccc1-c1ccc(-n2nnc(-c3ccccn3)n2)cc1OC.Fc1cc(-c2cc(Cl)cc(Cl)c2)cc(-n2nnc(-c3ccccn3)n2)c1.c1ccc(-c2nnn(-c3cccc(-c4ccc5c(c4)OCO5)c3)n2)nc1. The number of nitrogens with zero attached hydrogens (tertiary/aromatic N) is 26. The molecule has 0 unspecified atom stereocenters. The number of anilines is 1. The van der Waals surface area contributed by atoms with E-state index in [1.54, 1.807) is 93.7 Å². The van der Waals surface area contributed by atoms with Crippen LogP contribution in [0.5, 0.6) is 28.7 Å². The summed E-state index contributed by atoms with van der Waals surface area (Å²) >= 11 is 12.1. The lowest BCUT2D eigenvalue weighted by Gasteiger charge is -2.13. The van der Waals surface area contributed by atoms with Gasteiger partial charge >= 0.3 is 0 Å². The van der Waals surface area contributed by atoms with Gasteiger partial charge in [-0.15, -0.1) is 75.0 Å². The third-order valence-electron chi connectivity index (χ3n) is 19.8. The van der Waals surface area contributed by atoms with Crippen LogP contribution in [0.4, 0.5) is 14.5 Å². The van der Waals surface area contributed by atoms with Crippen molar-refractivity contribution >= 4 is 28.9 Å². The summed E-state index contributed by atoms with van der Waals surface area (Å²) in [6.07, 6.45) is 8.41. The third-order valence-corrected chi connectivity index (χ3v) is 20.3. The van der Waals surface area contributed by atoms with Gasteiger partial charge in [0.25, 0.3) is 0 Å². The molecule has 1 aliphatic heterocycles. The Bertz CT molecular complexity index is 7290. The summed E-state index contributed by atoms with van der Waals surface area (Å²) in [4.78, 5) is 30.2. The van der Waals surface area contributed by atoms with Crippen LogP contribution in [0, 0.1) is 11.6 Å². The summed E-state index contributed by atoms with van der Waals surface area (Å²) < 4.78 is 55.8. The summed E-state index contributed by atoms with van der Waals surface area (Å²) in [5, 5.41) is 63.6. The van der Waals surface area contributed by atoms with Crippen molar-refractivity contribution in [1.29, 1.82) is 0 Å². The number of hydrogen-bond acceptors (Lipinski definition) is 26.